The van der Waals surface area contributed by atoms with Crippen molar-refractivity contribution in [3.63, 3.8) is 0 Å². The van der Waals surface area contributed by atoms with Crippen molar-refractivity contribution in [3.8, 4) is 0 Å². The molecule has 1 nitrogen and oxygen atoms in total. The Labute approximate surface area is 119 Å². The number of rotatable bonds is 3. The van der Waals surface area contributed by atoms with Gasteiger partial charge in [0.15, 0.2) is 0 Å². The van der Waals surface area contributed by atoms with Gasteiger partial charge in [-0.15, -0.1) is 0 Å². The van der Waals surface area contributed by atoms with E-state index < -0.39 is 6.10 Å². The number of aryl methyl sites for hydroxylation is 1. The zero-order valence-electron chi connectivity index (χ0n) is 11.6. The summed E-state index contributed by atoms with van der Waals surface area (Å²) in [7, 11) is 0. The fraction of sp³-hybridized carbons (Fsp3) is 0.158. The van der Waals surface area contributed by atoms with E-state index in [0.29, 0.717) is 6.42 Å². The number of hydrogen-bond acceptors (Lipinski definition) is 1. The quantitative estimate of drug-likeness (QED) is 0.740. The molecule has 0 heterocycles. The van der Waals surface area contributed by atoms with Crippen LogP contribution in [0.4, 0.5) is 0 Å². The maximum absolute atomic E-state index is 10.4. The maximum Gasteiger partial charge on any atom is 0.0830 e. The molecule has 20 heavy (non-hydrogen) atoms. The summed E-state index contributed by atoms with van der Waals surface area (Å²) in [6.07, 6.45) is 0.196. The average molecular weight is 262 g/mol. The second-order valence-corrected chi connectivity index (χ2v) is 5.32. The van der Waals surface area contributed by atoms with E-state index in [2.05, 4.69) is 49.4 Å². The van der Waals surface area contributed by atoms with Crippen molar-refractivity contribution in [2.45, 2.75) is 19.4 Å². The fourth-order valence-electron chi connectivity index (χ4n) is 2.60. The average Bonchev–Trinajstić information content (AvgIpc) is 2.47. The topological polar surface area (TPSA) is 20.2 Å². The van der Waals surface area contributed by atoms with Gasteiger partial charge in [0, 0.05) is 6.42 Å². The van der Waals surface area contributed by atoms with Crippen molar-refractivity contribution in [2.24, 2.45) is 0 Å². The summed E-state index contributed by atoms with van der Waals surface area (Å²) >= 11 is 0. The Bertz CT molecular complexity index is 730. The zero-order chi connectivity index (χ0) is 13.9. The van der Waals surface area contributed by atoms with Crippen LogP contribution in [0.1, 0.15) is 22.8 Å². The van der Waals surface area contributed by atoms with Crippen molar-refractivity contribution in [3.05, 3.63) is 83.4 Å². The van der Waals surface area contributed by atoms with Gasteiger partial charge in [-0.05, 0) is 34.9 Å². The Balaban J connectivity index is 1.86. The minimum absolute atomic E-state index is 0.457. The molecule has 0 radical (unpaired) electrons. The molecule has 3 rings (SSSR count). The largest absolute Gasteiger partial charge is 0.388 e. The molecule has 3 aromatic carbocycles. The standard InChI is InChI=1S/C19H18O/c1-14-5-4-6-15(11-14)12-19(20)18-10-9-16-7-2-3-8-17(16)13-18/h2-11,13,19-20H,12H2,1H3. The third-order valence-electron chi connectivity index (χ3n) is 3.67. The van der Waals surface area contributed by atoms with Gasteiger partial charge in [-0.3, -0.25) is 0 Å². The molecular weight excluding hydrogens is 244 g/mol. The first-order valence-corrected chi connectivity index (χ1v) is 6.95. The maximum atomic E-state index is 10.4. The zero-order valence-corrected chi connectivity index (χ0v) is 11.6. The lowest BCUT2D eigenvalue weighted by Crippen LogP contribution is -2.01. The predicted octanol–water partition coefficient (Wildman–Crippen LogP) is 4.42. The lowest BCUT2D eigenvalue weighted by molar-refractivity contribution is 0.178. The molecule has 1 heteroatoms. The second-order valence-electron chi connectivity index (χ2n) is 5.32. The third-order valence-corrected chi connectivity index (χ3v) is 3.67. The number of fused-ring (bicyclic) bond motifs is 1. The summed E-state index contributed by atoms with van der Waals surface area (Å²) in [6, 6.07) is 22.7. The number of aliphatic hydroxyl groups excluding tert-OH is 1. The predicted molar refractivity (Wildman–Crippen MR) is 83.8 cm³/mol. The summed E-state index contributed by atoms with van der Waals surface area (Å²) in [5, 5.41) is 12.8. The first-order valence-electron chi connectivity index (χ1n) is 6.95. The summed E-state index contributed by atoms with van der Waals surface area (Å²) in [5.74, 6) is 0. The highest BCUT2D eigenvalue weighted by Gasteiger charge is 2.09. The van der Waals surface area contributed by atoms with Crippen LogP contribution in [0.5, 0.6) is 0 Å². The van der Waals surface area contributed by atoms with Crippen molar-refractivity contribution in [1.82, 2.24) is 0 Å². The lowest BCUT2D eigenvalue weighted by atomic mass is 9.98. The van der Waals surface area contributed by atoms with Gasteiger partial charge in [0.05, 0.1) is 6.10 Å². The Hall–Kier alpha value is -2.12. The molecule has 0 spiro atoms. The first kappa shape index (κ1) is 12.9. The molecule has 0 aromatic heterocycles. The van der Waals surface area contributed by atoms with E-state index in [1.54, 1.807) is 0 Å². The molecule has 3 aromatic rings. The van der Waals surface area contributed by atoms with Crippen LogP contribution >= 0.6 is 0 Å². The molecule has 0 aliphatic heterocycles. The minimum atomic E-state index is -0.457. The number of hydrogen-bond donors (Lipinski definition) is 1. The minimum Gasteiger partial charge on any atom is -0.388 e. The van der Waals surface area contributed by atoms with Crippen LogP contribution in [-0.4, -0.2) is 5.11 Å². The highest BCUT2D eigenvalue weighted by molar-refractivity contribution is 5.83. The Morgan fingerprint density at radius 1 is 0.850 bits per heavy atom. The summed E-state index contributed by atoms with van der Waals surface area (Å²) in [6.45, 7) is 2.08. The van der Waals surface area contributed by atoms with Gasteiger partial charge in [0.1, 0.15) is 0 Å². The summed E-state index contributed by atoms with van der Waals surface area (Å²) < 4.78 is 0. The summed E-state index contributed by atoms with van der Waals surface area (Å²) in [5.41, 5.74) is 3.38. The van der Waals surface area contributed by atoms with Crippen LogP contribution in [0.25, 0.3) is 10.8 Å². The SMILES string of the molecule is Cc1cccc(CC(O)c2ccc3ccccc3c2)c1. The van der Waals surface area contributed by atoms with Crippen LogP contribution in [0.15, 0.2) is 66.7 Å². The van der Waals surface area contributed by atoms with Crippen molar-refractivity contribution < 1.29 is 5.11 Å². The second kappa shape index (κ2) is 5.48. The molecular formula is C19H18O. The molecule has 0 amide bonds. The fourth-order valence-corrected chi connectivity index (χ4v) is 2.60. The summed E-state index contributed by atoms with van der Waals surface area (Å²) in [4.78, 5) is 0. The smallest absolute Gasteiger partial charge is 0.0830 e. The molecule has 0 bridgehead atoms. The van der Waals surface area contributed by atoms with Gasteiger partial charge in [-0.1, -0.05) is 66.2 Å². The van der Waals surface area contributed by atoms with E-state index in [-0.39, 0.29) is 0 Å². The van der Waals surface area contributed by atoms with E-state index in [4.69, 9.17) is 0 Å². The van der Waals surface area contributed by atoms with E-state index in [1.165, 1.54) is 21.9 Å². The van der Waals surface area contributed by atoms with E-state index in [9.17, 15) is 5.11 Å². The monoisotopic (exact) mass is 262 g/mol. The third kappa shape index (κ3) is 2.73. The van der Waals surface area contributed by atoms with Crippen molar-refractivity contribution in [1.29, 1.82) is 0 Å². The van der Waals surface area contributed by atoms with Crippen LogP contribution in [0.2, 0.25) is 0 Å². The normalized spacial score (nSPS) is 12.5. The van der Waals surface area contributed by atoms with Gasteiger partial charge in [0.2, 0.25) is 0 Å². The van der Waals surface area contributed by atoms with Crippen LogP contribution in [0.3, 0.4) is 0 Å². The van der Waals surface area contributed by atoms with Crippen LogP contribution in [0, 0.1) is 6.92 Å². The first-order chi connectivity index (χ1) is 9.72. The van der Waals surface area contributed by atoms with Crippen molar-refractivity contribution >= 4 is 10.8 Å². The molecule has 1 atom stereocenters. The highest BCUT2D eigenvalue weighted by atomic mass is 16.3. The lowest BCUT2D eigenvalue weighted by Gasteiger charge is -2.12. The van der Waals surface area contributed by atoms with Crippen LogP contribution in [-0.2, 0) is 6.42 Å². The van der Waals surface area contributed by atoms with Gasteiger partial charge in [-0.2, -0.15) is 0 Å². The Kier molecular flexibility index (Phi) is 3.53. The van der Waals surface area contributed by atoms with E-state index in [1.807, 2.05) is 24.3 Å². The molecule has 100 valence electrons. The number of aliphatic hydroxyl groups is 1. The van der Waals surface area contributed by atoms with Gasteiger partial charge in [0.25, 0.3) is 0 Å². The molecule has 0 saturated carbocycles. The molecule has 0 aliphatic carbocycles. The molecule has 1 unspecified atom stereocenters. The Morgan fingerprint density at radius 2 is 1.65 bits per heavy atom. The van der Waals surface area contributed by atoms with Crippen LogP contribution < -0.4 is 0 Å². The highest BCUT2D eigenvalue weighted by Crippen LogP contribution is 2.23. The molecule has 0 aliphatic rings. The molecule has 0 saturated heterocycles. The van der Waals surface area contributed by atoms with E-state index >= 15 is 0 Å². The van der Waals surface area contributed by atoms with Gasteiger partial charge in [-0.25, -0.2) is 0 Å². The van der Waals surface area contributed by atoms with Gasteiger partial charge < -0.3 is 5.11 Å². The number of benzene rings is 3. The molecule has 1 N–H and O–H groups in total. The molecule has 0 fully saturated rings. The van der Waals surface area contributed by atoms with E-state index in [0.717, 1.165) is 5.56 Å². The Morgan fingerprint density at radius 3 is 2.45 bits per heavy atom. The van der Waals surface area contributed by atoms with Gasteiger partial charge >= 0.3 is 0 Å². The van der Waals surface area contributed by atoms with Crippen molar-refractivity contribution in [2.75, 3.05) is 0 Å².